The van der Waals surface area contributed by atoms with Gasteiger partial charge in [-0.3, -0.25) is 14.9 Å². The van der Waals surface area contributed by atoms with Crippen molar-refractivity contribution in [2.45, 2.75) is 6.92 Å². The molecule has 7 heteroatoms. The quantitative estimate of drug-likeness (QED) is 0.535. The number of nitro groups is 1. The van der Waals surface area contributed by atoms with E-state index in [0.29, 0.717) is 5.56 Å². The molecule has 112 valence electrons. The molecule has 2 aromatic carbocycles. The van der Waals surface area contributed by atoms with E-state index in [1.165, 1.54) is 43.5 Å². The maximum Gasteiger partial charge on any atom is 0.272 e. The average Bonchev–Trinajstić information content (AvgIpc) is 2.48. The van der Waals surface area contributed by atoms with Crippen molar-refractivity contribution in [2.75, 3.05) is 0 Å². The van der Waals surface area contributed by atoms with E-state index in [4.69, 9.17) is 0 Å². The number of nitrogens with zero attached hydrogens (tertiary/aromatic N) is 2. The van der Waals surface area contributed by atoms with E-state index >= 15 is 0 Å². The number of rotatable bonds is 4. The van der Waals surface area contributed by atoms with Crippen molar-refractivity contribution < 1.29 is 14.1 Å². The van der Waals surface area contributed by atoms with Crippen LogP contribution in [0.4, 0.5) is 10.1 Å². The number of nitro benzene ring substituents is 1. The summed E-state index contributed by atoms with van der Waals surface area (Å²) in [4.78, 5) is 22.1. The van der Waals surface area contributed by atoms with Crippen LogP contribution in [0.2, 0.25) is 0 Å². The molecule has 2 aromatic rings. The van der Waals surface area contributed by atoms with Crippen molar-refractivity contribution in [1.29, 1.82) is 0 Å². The van der Waals surface area contributed by atoms with Gasteiger partial charge in [-0.15, -0.1) is 0 Å². The predicted octanol–water partition coefficient (Wildman–Crippen LogP) is 2.81. The molecule has 0 radical (unpaired) electrons. The van der Waals surface area contributed by atoms with Crippen LogP contribution in [0.25, 0.3) is 0 Å². The second-order valence-corrected chi connectivity index (χ2v) is 4.48. The number of hydrazone groups is 1. The van der Waals surface area contributed by atoms with Crippen LogP contribution < -0.4 is 5.43 Å². The first kappa shape index (κ1) is 15.3. The highest BCUT2D eigenvalue weighted by molar-refractivity contribution is 5.95. The molecule has 0 aliphatic carbocycles. The maximum absolute atomic E-state index is 13.3. The molecule has 0 fully saturated rings. The smallest absolute Gasteiger partial charge is 0.267 e. The largest absolute Gasteiger partial charge is 0.272 e. The van der Waals surface area contributed by atoms with Gasteiger partial charge in [-0.2, -0.15) is 5.10 Å². The van der Waals surface area contributed by atoms with Crippen molar-refractivity contribution in [3.63, 3.8) is 0 Å². The van der Waals surface area contributed by atoms with Crippen LogP contribution in [-0.2, 0) is 0 Å². The minimum Gasteiger partial charge on any atom is -0.267 e. The molecule has 0 saturated carbocycles. The first-order chi connectivity index (χ1) is 10.5. The minimum atomic E-state index is -0.536. The lowest BCUT2D eigenvalue weighted by Crippen LogP contribution is -2.17. The van der Waals surface area contributed by atoms with Gasteiger partial charge in [0.2, 0.25) is 0 Å². The third-order valence-corrected chi connectivity index (χ3v) is 2.93. The number of carbonyl (C=O) groups is 1. The summed E-state index contributed by atoms with van der Waals surface area (Å²) in [5.74, 6) is -0.989. The standard InChI is InChI=1S/C15H12FN3O3/c1-10-8-11(6-7-14(10)19(21)22)15(20)18-17-9-12-4-2-3-5-13(12)16/h2-9H,1H3,(H,18,20)/b17-9+. The second kappa shape index (κ2) is 6.57. The summed E-state index contributed by atoms with van der Waals surface area (Å²) in [5.41, 5.74) is 3.02. The van der Waals surface area contributed by atoms with Crippen molar-refractivity contribution in [2.24, 2.45) is 5.10 Å². The van der Waals surface area contributed by atoms with Gasteiger partial charge in [0.05, 0.1) is 11.1 Å². The van der Waals surface area contributed by atoms with Crippen LogP contribution in [0.1, 0.15) is 21.5 Å². The number of benzene rings is 2. The number of carbonyl (C=O) groups excluding carboxylic acids is 1. The molecule has 0 unspecified atom stereocenters. The van der Waals surface area contributed by atoms with Crippen molar-refractivity contribution >= 4 is 17.8 Å². The predicted molar refractivity (Wildman–Crippen MR) is 79.3 cm³/mol. The number of halogens is 1. The van der Waals surface area contributed by atoms with Gasteiger partial charge in [-0.1, -0.05) is 18.2 Å². The van der Waals surface area contributed by atoms with Gasteiger partial charge >= 0.3 is 0 Å². The number of nitrogens with one attached hydrogen (secondary N) is 1. The summed E-state index contributed by atoms with van der Waals surface area (Å²) in [6.07, 6.45) is 1.19. The number of amides is 1. The van der Waals surface area contributed by atoms with Gasteiger partial charge in [0.25, 0.3) is 11.6 Å². The van der Waals surface area contributed by atoms with E-state index in [0.717, 1.165) is 0 Å². The van der Waals surface area contributed by atoms with Gasteiger partial charge < -0.3 is 0 Å². The molecular formula is C15H12FN3O3. The van der Waals surface area contributed by atoms with Crippen molar-refractivity contribution in [1.82, 2.24) is 5.43 Å². The normalized spacial score (nSPS) is 10.6. The molecule has 0 atom stereocenters. The number of aryl methyl sites for hydroxylation is 1. The van der Waals surface area contributed by atoms with E-state index in [9.17, 15) is 19.3 Å². The molecule has 0 aliphatic rings. The molecule has 0 aliphatic heterocycles. The van der Waals surface area contributed by atoms with Crippen LogP contribution in [0.15, 0.2) is 47.6 Å². The third kappa shape index (κ3) is 3.51. The molecule has 0 saturated heterocycles. The Morgan fingerprint density at radius 1 is 1.32 bits per heavy atom. The highest BCUT2D eigenvalue weighted by Crippen LogP contribution is 2.18. The SMILES string of the molecule is Cc1cc(C(=O)N/N=C/c2ccccc2F)ccc1[N+](=O)[O-]. The number of hydrogen-bond acceptors (Lipinski definition) is 4. The van der Waals surface area contributed by atoms with Gasteiger partial charge in [-0.25, -0.2) is 9.82 Å². The topological polar surface area (TPSA) is 84.6 Å². The highest BCUT2D eigenvalue weighted by Gasteiger charge is 2.13. The van der Waals surface area contributed by atoms with E-state index in [2.05, 4.69) is 10.5 Å². The Hall–Kier alpha value is -3.09. The summed E-state index contributed by atoms with van der Waals surface area (Å²) in [5, 5.41) is 14.4. The van der Waals surface area contributed by atoms with Gasteiger partial charge in [-0.05, 0) is 25.1 Å². The van der Waals surface area contributed by atoms with Crippen LogP contribution >= 0.6 is 0 Å². The summed E-state index contributed by atoms with van der Waals surface area (Å²) in [7, 11) is 0. The van der Waals surface area contributed by atoms with Crippen molar-refractivity contribution in [3.05, 3.63) is 75.1 Å². The first-order valence-corrected chi connectivity index (χ1v) is 6.32. The molecule has 0 spiro atoms. The minimum absolute atomic E-state index is 0.0635. The lowest BCUT2D eigenvalue weighted by atomic mass is 10.1. The Balaban J connectivity index is 2.08. The highest BCUT2D eigenvalue weighted by atomic mass is 19.1. The zero-order chi connectivity index (χ0) is 16.1. The van der Waals surface area contributed by atoms with E-state index < -0.39 is 16.6 Å². The van der Waals surface area contributed by atoms with Crippen molar-refractivity contribution in [3.8, 4) is 0 Å². The van der Waals surface area contributed by atoms with E-state index in [-0.39, 0.29) is 16.8 Å². The fourth-order valence-corrected chi connectivity index (χ4v) is 1.81. The average molecular weight is 301 g/mol. The van der Waals surface area contributed by atoms with Crippen LogP contribution in [0.3, 0.4) is 0 Å². The third-order valence-electron chi connectivity index (χ3n) is 2.93. The summed E-state index contributed by atoms with van der Waals surface area (Å²) < 4.78 is 13.3. The number of hydrogen-bond donors (Lipinski definition) is 1. The van der Waals surface area contributed by atoms with Gasteiger partial charge in [0.15, 0.2) is 0 Å². The fraction of sp³-hybridized carbons (Fsp3) is 0.0667. The Bertz CT molecular complexity index is 759. The fourth-order valence-electron chi connectivity index (χ4n) is 1.81. The van der Waals surface area contributed by atoms with E-state index in [1.807, 2.05) is 0 Å². The molecular weight excluding hydrogens is 289 g/mol. The van der Waals surface area contributed by atoms with Gasteiger partial charge in [0.1, 0.15) is 5.82 Å². The molecule has 6 nitrogen and oxygen atoms in total. The molecule has 2 rings (SSSR count). The monoisotopic (exact) mass is 301 g/mol. The Morgan fingerprint density at radius 3 is 2.68 bits per heavy atom. The molecule has 1 amide bonds. The lowest BCUT2D eigenvalue weighted by molar-refractivity contribution is -0.385. The summed E-state index contributed by atoms with van der Waals surface area (Å²) in [6, 6.07) is 9.97. The Labute approximate surface area is 125 Å². The Kier molecular flexibility index (Phi) is 4.57. The molecule has 1 N–H and O–H groups in total. The maximum atomic E-state index is 13.3. The van der Waals surface area contributed by atoms with Crippen LogP contribution in [-0.4, -0.2) is 17.0 Å². The van der Waals surface area contributed by atoms with Crippen LogP contribution in [0.5, 0.6) is 0 Å². The molecule has 22 heavy (non-hydrogen) atoms. The summed E-state index contributed by atoms with van der Waals surface area (Å²) in [6.45, 7) is 1.54. The second-order valence-electron chi connectivity index (χ2n) is 4.48. The van der Waals surface area contributed by atoms with E-state index in [1.54, 1.807) is 12.1 Å². The zero-order valence-electron chi connectivity index (χ0n) is 11.6. The van der Waals surface area contributed by atoms with Gasteiger partial charge in [0, 0.05) is 22.8 Å². The molecule has 0 heterocycles. The molecule has 0 aromatic heterocycles. The van der Waals surface area contributed by atoms with Crippen LogP contribution in [0, 0.1) is 22.9 Å². The summed E-state index contributed by atoms with van der Waals surface area (Å²) >= 11 is 0. The Morgan fingerprint density at radius 2 is 2.05 bits per heavy atom. The first-order valence-electron chi connectivity index (χ1n) is 6.32. The lowest BCUT2D eigenvalue weighted by Gasteiger charge is -2.02. The molecule has 0 bridgehead atoms. The zero-order valence-corrected chi connectivity index (χ0v) is 11.6.